The van der Waals surface area contributed by atoms with E-state index in [1.807, 2.05) is 6.08 Å². The van der Waals surface area contributed by atoms with Gasteiger partial charge in [-0.2, -0.15) is 0 Å². The SMILES string of the molecule is C=CCCCN(C)C(=NCCc1cccs1)NCC.I. The standard InChI is InChI=1S/C15H25N3S.HI/c1-4-6-7-12-18(3)15(16-5-2)17-11-10-14-9-8-13-19-14;/h4,8-9,13H,1,5-7,10-12H2,2-3H3,(H,16,17);1H. The molecule has 0 aromatic carbocycles. The van der Waals surface area contributed by atoms with E-state index in [0.29, 0.717) is 0 Å². The summed E-state index contributed by atoms with van der Waals surface area (Å²) in [5, 5.41) is 5.46. The summed E-state index contributed by atoms with van der Waals surface area (Å²) in [7, 11) is 2.09. The van der Waals surface area contributed by atoms with Crippen molar-refractivity contribution >= 4 is 41.3 Å². The van der Waals surface area contributed by atoms with Crippen molar-refractivity contribution < 1.29 is 0 Å². The molecule has 0 bridgehead atoms. The highest BCUT2D eigenvalue weighted by Gasteiger charge is 2.04. The fraction of sp³-hybridized carbons (Fsp3) is 0.533. The summed E-state index contributed by atoms with van der Waals surface area (Å²) in [5.41, 5.74) is 0. The van der Waals surface area contributed by atoms with Gasteiger partial charge in [0.25, 0.3) is 0 Å². The van der Waals surface area contributed by atoms with Crippen LogP contribution in [0, 0.1) is 0 Å². The zero-order chi connectivity index (χ0) is 13.9. The van der Waals surface area contributed by atoms with Gasteiger partial charge in [-0.05, 0) is 31.2 Å². The van der Waals surface area contributed by atoms with Gasteiger partial charge in [0.1, 0.15) is 0 Å². The van der Waals surface area contributed by atoms with Crippen molar-refractivity contribution in [2.45, 2.75) is 26.2 Å². The molecule has 0 radical (unpaired) electrons. The van der Waals surface area contributed by atoms with Gasteiger partial charge < -0.3 is 10.2 Å². The summed E-state index contributed by atoms with van der Waals surface area (Å²) in [6.07, 6.45) is 5.16. The summed E-state index contributed by atoms with van der Waals surface area (Å²) in [5.74, 6) is 1.00. The smallest absolute Gasteiger partial charge is 0.193 e. The third-order valence-corrected chi connectivity index (χ3v) is 3.73. The minimum Gasteiger partial charge on any atom is -0.357 e. The lowest BCUT2D eigenvalue weighted by Crippen LogP contribution is -2.39. The molecule has 0 fully saturated rings. The number of thiophene rings is 1. The molecule has 1 heterocycles. The summed E-state index contributed by atoms with van der Waals surface area (Å²) in [6.45, 7) is 8.62. The van der Waals surface area contributed by atoms with E-state index in [0.717, 1.165) is 44.9 Å². The lowest BCUT2D eigenvalue weighted by molar-refractivity contribution is 0.470. The number of allylic oxidation sites excluding steroid dienone is 1. The van der Waals surface area contributed by atoms with Crippen LogP contribution in [0.4, 0.5) is 0 Å². The van der Waals surface area contributed by atoms with Crippen LogP contribution in [0.1, 0.15) is 24.6 Å². The second-order valence-corrected chi connectivity index (χ2v) is 5.45. The van der Waals surface area contributed by atoms with E-state index in [2.05, 4.69) is 53.3 Å². The summed E-state index contributed by atoms with van der Waals surface area (Å²) < 4.78 is 0. The maximum absolute atomic E-state index is 4.68. The van der Waals surface area contributed by atoms with Gasteiger partial charge >= 0.3 is 0 Å². The molecule has 0 aliphatic rings. The Hall–Kier alpha value is -0.560. The quantitative estimate of drug-likeness (QED) is 0.234. The molecule has 0 saturated heterocycles. The monoisotopic (exact) mass is 407 g/mol. The van der Waals surface area contributed by atoms with Gasteiger partial charge in [0.2, 0.25) is 0 Å². The lowest BCUT2D eigenvalue weighted by Gasteiger charge is -2.21. The number of rotatable bonds is 8. The third kappa shape index (κ3) is 7.89. The van der Waals surface area contributed by atoms with Crippen molar-refractivity contribution in [2.24, 2.45) is 4.99 Å². The van der Waals surface area contributed by atoms with Crippen LogP contribution in [0.15, 0.2) is 35.2 Å². The summed E-state index contributed by atoms with van der Waals surface area (Å²) in [4.78, 5) is 8.27. The van der Waals surface area contributed by atoms with Crippen LogP contribution in [0.5, 0.6) is 0 Å². The highest BCUT2D eigenvalue weighted by molar-refractivity contribution is 14.0. The first kappa shape index (κ1) is 19.4. The Morgan fingerprint density at radius 1 is 1.55 bits per heavy atom. The fourth-order valence-electron chi connectivity index (χ4n) is 1.78. The van der Waals surface area contributed by atoms with Crippen molar-refractivity contribution in [1.29, 1.82) is 0 Å². The molecule has 1 aromatic rings. The number of hydrogen-bond acceptors (Lipinski definition) is 2. The Labute approximate surface area is 144 Å². The molecule has 3 nitrogen and oxygen atoms in total. The Bertz CT molecular complexity index is 376. The zero-order valence-corrected chi connectivity index (χ0v) is 15.6. The van der Waals surface area contributed by atoms with E-state index in [1.165, 1.54) is 4.88 Å². The minimum atomic E-state index is 0. The van der Waals surface area contributed by atoms with Crippen molar-refractivity contribution in [3.63, 3.8) is 0 Å². The van der Waals surface area contributed by atoms with Crippen LogP contribution < -0.4 is 5.32 Å². The summed E-state index contributed by atoms with van der Waals surface area (Å²) in [6, 6.07) is 4.26. The lowest BCUT2D eigenvalue weighted by atomic mass is 10.3. The van der Waals surface area contributed by atoms with Crippen LogP contribution in [-0.4, -0.2) is 37.5 Å². The Kier molecular flexibility index (Phi) is 11.9. The number of nitrogens with one attached hydrogen (secondary N) is 1. The maximum Gasteiger partial charge on any atom is 0.193 e. The Morgan fingerprint density at radius 3 is 2.95 bits per heavy atom. The Balaban J connectivity index is 0.00000361. The normalized spacial score (nSPS) is 10.8. The second-order valence-electron chi connectivity index (χ2n) is 4.42. The van der Waals surface area contributed by atoms with Crippen molar-refractivity contribution in [1.82, 2.24) is 10.2 Å². The molecule has 5 heteroatoms. The number of hydrogen-bond donors (Lipinski definition) is 1. The summed E-state index contributed by atoms with van der Waals surface area (Å²) >= 11 is 1.80. The molecular weight excluding hydrogens is 381 g/mol. The molecule has 1 rings (SSSR count). The van der Waals surface area contributed by atoms with E-state index >= 15 is 0 Å². The van der Waals surface area contributed by atoms with Crippen LogP contribution in [0.2, 0.25) is 0 Å². The number of halogens is 1. The fourth-order valence-corrected chi connectivity index (χ4v) is 2.47. The van der Waals surface area contributed by atoms with Gasteiger partial charge in [-0.15, -0.1) is 41.9 Å². The average molecular weight is 407 g/mol. The molecule has 0 amide bonds. The largest absolute Gasteiger partial charge is 0.357 e. The van der Waals surface area contributed by atoms with Crippen LogP contribution in [0.25, 0.3) is 0 Å². The topological polar surface area (TPSA) is 27.6 Å². The molecule has 1 N–H and O–H groups in total. The molecule has 0 saturated carbocycles. The van der Waals surface area contributed by atoms with Gasteiger partial charge in [-0.3, -0.25) is 4.99 Å². The van der Waals surface area contributed by atoms with Crippen LogP contribution in [0.3, 0.4) is 0 Å². The van der Waals surface area contributed by atoms with Crippen molar-refractivity contribution in [3.8, 4) is 0 Å². The first-order valence-corrected chi connectivity index (χ1v) is 7.78. The number of guanidine groups is 1. The first-order chi connectivity index (χ1) is 9.27. The average Bonchev–Trinajstić information content (AvgIpc) is 2.91. The highest BCUT2D eigenvalue weighted by Crippen LogP contribution is 2.08. The molecule has 114 valence electrons. The molecule has 0 aliphatic heterocycles. The molecule has 1 aromatic heterocycles. The molecular formula is C15H26IN3S. The third-order valence-electron chi connectivity index (χ3n) is 2.80. The molecule has 20 heavy (non-hydrogen) atoms. The van der Waals surface area contributed by atoms with Crippen molar-refractivity contribution in [3.05, 3.63) is 35.0 Å². The number of aliphatic imine (C=N–C) groups is 1. The number of unbranched alkanes of at least 4 members (excludes halogenated alkanes) is 1. The maximum atomic E-state index is 4.68. The van der Waals surface area contributed by atoms with Crippen LogP contribution in [-0.2, 0) is 6.42 Å². The predicted octanol–water partition coefficient (Wildman–Crippen LogP) is 3.77. The van der Waals surface area contributed by atoms with E-state index in [4.69, 9.17) is 0 Å². The molecule has 0 unspecified atom stereocenters. The van der Waals surface area contributed by atoms with Crippen LogP contribution >= 0.6 is 35.3 Å². The predicted molar refractivity (Wildman–Crippen MR) is 101 cm³/mol. The van der Waals surface area contributed by atoms with Crippen molar-refractivity contribution in [2.75, 3.05) is 26.7 Å². The second kappa shape index (κ2) is 12.2. The van der Waals surface area contributed by atoms with Gasteiger partial charge in [0.15, 0.2) is 5.96 Å². The zero-order valence-electron chi connectivity index (χ0n) is 12.5. The van der Waals surface area contributed by atoms with E-state index in [1.54, 1.807) is 11.3 Å². The van der Waals surface area contributed by atoms with E-state index in [-0.39, 0.29) is 24.0 Å². The van der Waals surface area contributed by atoms with E-state index < -0.39 is 0 Å². The Morgan fingerprint density at radius 2 is 2.35 bits per heavy atom. The molecule has 0 spiro atoms. The van der Waals surface area contributed by atoms with Gasteiger partial charge in [0.05, 0.1) is 0 Å². The van der Waals surface area contributed by atoms with E-state index in [9.17, 15) is 0 Å². The van der Waals surface area contributed by atoms with Gasteiger partial charge in [-0.1, -0.05) is 12.1 Å². The molecule has 0 atom stereocenters. The minimum absolute atomic E-state index is 0. The molecule has 0 aliphatic carbocycles. The highest BCUT2D eigenvalue weighted by atomic mass is 127. The first-order valence-electron chi connectivity index (χ1n) is 6.90. The number of nitrogens with zero attached hydrogens (tertiary/aromatic N) is 2. The van der Waals surface area contributed by atoms with Gasteiger partial charge in [0, 0.05) is 38.0 Å². The van der Waals surface area contributed by atoms with Gasteiger partial charge in [-0.25, -0.2) is 0 Å².